The van der Waals surface area contributed by atoms with Crippen molar-refractivity contribution < 1.29 is 4.39 Å². The maximum absolute atomic E-state index is 13.6. The van der Waals surface area contributed by atoms with Crippen molar-refractivity contribution in [2.24, 2.45) is 11.8 Å². The zero-order valence-corrected chi connectivity index (χ0v) is 11.9. The molecule has 0 spiro atoms. The Hall–Kier alpha value is -0.570. The van der Waals surface area contributed by atoms with Gasteiger partial charge in [0.15, 0.2) is 0 Å². The zero-order valence-electron chi connectivity index (χ0n) is 10.3. The first-order chi connectivity index (χ1) is 8.06. The lowest BCUT2D eigenvalue weighted by Gasteiger charge is -2.34. The van der Waals surface area contributed by atoms with Crippen molar-refractivity contribution >= 4 is 21.6 Å². The highest BCUT2D eigenvalue weighted by Crippen LogP contribution is 2.31. The fourth-order valence-corrected chi connectivity index (χ4v) is 3.05. The summed E-state index contributed by atoms with van der Waals surface area (Å²) in [4.78, 5) is 0. The Morgan fingerprint density at radius 2 is 2.06 bits per heavy atom. The number of hydrogen-bond donors (Lipinski definition) is 1. The van der Waals surface area contributed by atoms with Crippen LogP contribution in [0.1, 0.15) is 33.1 Å². The third-order valence-corrected chi connectivity index (χ3v) is 4.19. The summed E-state index contributed by atoms with van der Waals surface area (Å²) in [6, 6.07) is 5.45. The van der Waals surface area contributed by atoms with E-state index in [1.165, 1.54) is 18.9 Å². The van der Waals surface area contributed by atoms with Gasteiger partial charge in [0.2, 0.25) is 0 Å². The van der Waals surface area contributed by atoms with Crippen molar-refractivity contribution in [3.05, 3.63) is 28.5 Å². The smallest absolute Gasteiger partial charge is 0.146 e. The highest BCUT2D eigenvalue weighted by Gasteiger charge is 2.25. The van der Waals surface area contributed by atoms with Gasteiger partial charge in [-0.3, -0.25) is 0 Å². The summed E-state index contributed by atoms with van der Waals surface area (Å²) >= 11 is 3.38. The summed E-state index contributed by atoms with van der Waals surface area (Å²) in [5.74, 6) is 1.24. The van der Waals surface area contributed by atoms with Crippen molar-refractivity contribution in [2.45, 2.75) is 39.2 Å². The molecule has 0 aliphatic heterocycles. The predicted molar refractivity (Wildman–Crippen MR) is 73.7 cm³/mol. The van der Waals surface area contributed by atoms with E-state index < -0.39 is 0 Å². The number of rotatable bonds is 2. The first kappa shape index (κ1) is 12.9. The van der Waals surface area contributed by atoms with E-state index in [4.69, 9.17) is 0 Å². The van der Waals surface area contributed by atoms with Crippen molar-refractivity contribution in [1.82, 2.24) is 0 Å². The van der Waals surface area contributed by atoms with E-state index in [-0.39, 0.29) is 5.82 Å². The topological polar surface area (TPSA) is 12.0 Å². The number of hydrogen-bond acceptors (Lipinski definition) is 1. The maximum atomic E-state index is 13.6. The lowest BCUT2D eigenvalue weighted by molar-refractivity contribution is 0.276. The molecule has 3 unspecified atom stereocenters. The average Bonchev–Trinajstić information content (AvgIpc) is 2.27. The Balaban J connectivity index is 2.07. The van der Waals surface area contributed by atoms with Crippen LogP contribution in [0.5, 0.6) is 0 Å². The van der Waals surface area contributed by atoms with Crippen LogP contribution in [0, 0.1) is 17.7 Å². The molecule has 94 valence electrons. The van der Waals surface area contributed by atoms with Crippen LogP contribution in [0.25, 0.3) is 0 Å². The summed E-state index contributed by atoms with van der Waals surface area (Å²) in [6.07, 6.45) is 3.60. The second-order valence-corrected chi connectivity index (χ2v) is 6.19. The lowest BCUT2D eigenvalue weighted by atomic mass is 9.80. The van der Waals surface area contributed by atoms with Gasteiger partial charge in [0.05, 0.1) is 5.69 Å². The number of nitrogens with one attached hydrogen (secondary N) is 1. The Morgan fingerprint density at radius 1 is 1.29 bits per heavy atom. The number of anilines is 1. The van der Waals surface area contributed by atoms with E-state index >= 15 is 0 Å². The molecule has 0 saturated heterocycles. The summed E-state index contributed by atoms with van der Waals surface area (Å²) in [6.45, 7) is 4.55. The Bertz CT molecular complexity index is 394. The molecule has 1 aromatic rings. The van der Waals surface area contributed by atoms with Gasteiger partial charge in [0.25, 0.3) is 0 Å². The molecule has 1 aliphatic rings. The molecule has 3 atom stereocenters. The Kier molecular flexibility index (Phi) is 4.08. The maximum Gasteiger partial charge on any atom is 0.146 e. The van der Waals surface area contributed by atoms with Crippen LogP contribution in [0.2, 0.25) is 0 Å². The van der Waals surface area contributed by atoms with Gasteiger partial charge in [-0.25, -0.2) is 4.39 Å². The molecule has 0 aromatic heterocycles. The van der Waals surface area contributed by atoms with E-state index in [1.807, 2.05) is 6.07 Å². The van der Waals surface area contributed by atoms with Gasteiger partial charge in [-0.2, -0.15) is 0 Å². The zero-order chi connectivity index (χ0) is 12.4. The minimum Gasteiger partial charge on any atom is -0.380 e. The van der Waals surface area contributed by atoms with Gasteiger partial charge in [0, 0.05) is 10.5 Å². The molecule has 1 saturated carbocycles. The minimum absolute atomic E-state index is 0.168. The van der Waals surface area contributed by atoms with Crippen molar-refractivity contribution in [3.8, 4) is 0 Å². The largest absolute Gasteiger partial charge is 0.380 e. The Labute approximate surface area is 111 Å². The van der Waals surface area contributed by atoms with Crippen LogP contribution in [0.4, 0.5) is 10.1 Å². The van der Waals surface area contributed by atoms with Gasteiger partial charge < -0.3 is 5.32 Å². The molecular weight excluding hydrogens is 281 g/mol. The first-order valence-corrected chi connectivity index (χ1v) is 7.07. The summed E-state index contributed by atoms with van der Waals surface area (Å²) < 4.78 is 14.6. The summed E-state index contributed by atoms with van der Waals surface area (Å²) in [7, 11) is 0. The van der Waals surface area contributed by atoms with Gasteiger partial charge in [-0.15, -0.1) is 0 Å². The predicted octanol–water partition coefficient (Wildman–Crippen LogP) is 4.82. The molecule has 1 N–H and O–H groups in total. The van der Waals surface area contributed by atoms with Crippen LogP contribution >= 0.6 is 15.9 Å². The second-order valence-electron chi connectivity index (χ2n) is 5.27. The van der Waals surface area contributed by atoms with Gasteiger partial charge >= 0.3 is 0 Å². The van der Waals surface area contributed by atoms with Crippen molar-refractivity contribution in [3.63, 3.8) is 0 Å². The molecule has 17 heavy (non-hydrogen) atoms. The highest BCUT2D eigenvalue weighted by atomic mass is 79.9. The van der Waals surface area contributed by atoms with Gasteiger partial charge in [0.1, 0.15) is 5.82 Å². The van der Waals surface area contributed by atoms with Crippen molar-refractivity contribution in [2.75, 3.05) is 5.32 Å². The molecule has 0 amide bonds. The fourth-order valence-electron chi connectivity index (χ4n) is 2.69. The van der Waals surface area contributed by atoms with Crippen LogP contribution in [-0.4, -0.2) is 6.04 Å². The van der Waals surface area contributed by atoms with Gasteiger partial charge in [-0.05, 0) is 49.3 Å². The molecular formula is C14H19BrFN. The summed E-state index contributed by atoms with van der Waals surface area (Å²) in [5, 5.41) is 3.36. The monoisotopic (exact) mass is 299 g/mol. The van der Waals surface area contributed by atoms with Crippen LogP contribution in [-0.2, 0) is 0 Å². The van der Waals surface area contributed by atoms with Crippen LogP contribution < -0.4 is 5.32 Å². The second kappa shape index (κ2) is 5.38. The third kappa shape index (κ3) is 3.21. The van der Waals surface area contributed by atoms with Gasteiger partial charge in [-0.1, -0.05) is 29.8 Å². The first-order valence-electron chi connectivity index (χ1n) is 6.28. The van der Waals surface area contributed by atoms with Crippen LogP contribution in [0.3, 0.4) is 0 Å². The average molecular weight is 300 g/mol. The molecule has 0 heterocycles. The Morgan fingerprint density at radius 3 is 2.76 bits per heavy atom. The highest BCUT2D eigenvalue weighted by molar-refractivity contribution is 9.10. The summed E-state index contributed by atoms with van der Waals surface area (Å²) in [5.41, 5.74) is 0.616. The molecule has 2 rings (SSSR count). The van der Waals surface area contributed by atoms with E-state index in [0.29, 0.717) is 17.6 Å². The standard InChI is InChI=1S/C14H19BrFN/c1-9-3-6-13(10(2)7-9)17-14-8-11(15)4-5-12(14)16/h4-5,8-10,13,17H,3,6-7H2,1-2H3. The van der Waals surface area contributed by atoms with E-state index in [0.717, 1.165) is 16.8 Å². The third-order valence-electron chi connectivity index (χ3n) is 3.70. The molecule has 1 aromatic carbocycles. The molecule has 1 aliphatic carbocycles. The fraction of sp³-hybridized carbons (Fsp3) is 0.571. The molecule has 1 fully saturated rings. The molecule has 0 radical (unpaired) electrons. The normalized spacial score (nSPS) is 29.1. The van der Waals surface area contributed by atoms with Crippen molar-refractivity contribution in [1.29, 1.82) is 0 Å². The number of halogens is 2. The van der Waals surface area contributed by atoms with Crippen LogP contribution in [0.15, 0.2) is 22.7 Å². The van der Waals surface area contributed by atoms with E-state index in [2.05, 4.69) is 35.1 Å². The SMILES string of the molecule is CC1CCC(Nc2cc(Br)ccc2F)C(C)C1. The lowest BCUT2D eigenvalue weighted by Crippen LogP contribution is -2.33. The quantitative estimate of drug-likeness (QED) is 0.825. The van der Waals surface area contributed by atoms with E-state index in [9.17, 15) is 4.39 Å². The number of benzene rings is 1. The minimum atomic E-state index is -0.168. The molecule has 0 bridgehead atoms. The van der Waals surface area contributed by atoms with E-state index in [1.54, 1.807) is 6.07 Å². The molecule has 3 heteroatoms. The molecule has 1 nitrogen and oxygen atoms in total.